The van der Waals surface area contributed by atoms with Crippen LogP contribution in [0.25, 0.3) is 0 Å². The molecule has 4 heteroatoms. The number of halogens is 1. The normalized spacial score (nSPS) is 20.2. The third kappa shape index (κ3) is 0.601. The van der Waals surface area contributed by atoms with Crippen molar-refractivity contribution in [2.75, 3.05) is 0 Å². The molecule has 0 saturated heterocycles. The molecular formula is C2H2FO2P. The van der Waals surface area contributed by atoms with Crippen molar-refractivity contribution in [2.45, 2.75) is 0 Å². The van der Waals surface area contributed by atoms with Gasteiger partial charge in [-0.2, -0.15) is 0 Å². The van der Waals surface area contributed by atoms with E-state index in [1.807, 2.05) is 0 Å². The summed E-state index contributed by atoms with van der Waals surface area (Å²) < 4.78 is 19.8. The highest BCUT2D eigenvalue weighted by Gasteiger charge is 2.11. The molecule has 0 saturated carbocycles. The second-order valence-corrected chi connectivity index (χ2v) is 1.54. The van der Waals surface area contributed by atoms with Gasteiger partial charge in [0, 0.05) is 0 Å². The van der Waals surface area contributed by atoms with Crippen LogP contribution in [0.5, 0.6) is 0 Å². The Bertz CT molecular complexity index is 65.9. The van der Waals surface area contributed by atoms with E-state index in [9.17, 15) is 4.20 Å². The van der Waals surface area contributed by atoms with Gasteiger partial charge in [-0.25, -0.2) is 0 Å². The highest BCUT2D eigenvalue weighted by molar-refractivity contribution is 7.41. The highest BCUT2D eigenvalue weighted by Crippen LogP contribution is 2.43. The van der Waals surface area contributed by atoms with Crippen molar-refractivity contribution in [1.82, 2.24) is 0 Å². The quantitative estimate of drug-likeness (QED) is 0.439. The molecule has 6 heavy (non-hydrogen) atoms. The minimum Gasteiger partial charge on any atom is -0.419 e. The summed E-state index contributed by atoms with van der Waals surface area (Å²) in [4.78, 5) is 0. The maximum Gasteiger partial charge on any atom is 0.504 e. The van der Waals surface area contributed by atoms with Crippen LogP contribution in [0.3, 0.4) is 0 Å². The van der Waals surface area contributed by atoms with Crippen LogP contribution in [0, 0.1) is 0 Å². The summed E-state index contributed by atoms with van der Waals surface area (Å²) in [6, 6.07) is 0. The van der Waals surface area contributed by atoms with E-state index in [1.54, 1.807) is 0 Å². The molecular weight excluding hydrogens is 106 g/mol. The first kappa shape index (κ1) is 3.88. The van der Waals surface area contributed by atoms with E-state index in [-0.39, 0.29) is 0 Å². The zero-order chi connectivity index (χ0) is 4.41. The second-order valence-electron chi connectivity index (χ2n) is 0.696. The number of hydrogen-bond donors (Lipinski definition) is 0. The smallest absolute Gasteiger partial charge is 0.419 e. The van der Waals surface area contributed by atoms with Crippen molar-refractivity contribution in [3.63, 3.8) is 0 Å². The second kappa shape index (κ2) is 1.43. The Kier molecular flexibility index (Phi) is 0.926. The van der Waals surface area contributed by atoms with E-state index in [2.05, 4.69) is 9.05 Å². The minimum atomic E-state index is -2.08. The van der Waals surface area contributed by atoms with E-state index in [0.29, 0.717) is 0 Å². The molecule has 0 fully saturated rings. The average Bonchev–Trinajstić information content (AvgIpc) is 1.86. The first-order valence-corrected chi connectivity index (χ1v) is 2.41. The Balaban J connectivity index is 2.32. The Hall–Kier alpha value is -0.300. The lowest BCUT2D eigenvalue weighted by atomic mass is 11.1. The van der Waals surface area contributed by atoms with Crippen LogP contribution in [0.2, 0.25) is 0 Å². The molecule has 0 amide bonds. The Morgan fingerprint density at radius 2 is 1.83 bits per heavy atom. The lowest BCUT2D eigenvalue weighted by Crippen LogP contribution is -1.54. The van der Waals surface area contributed by atoms with Crippen LogP contribution < -0.4 is 0 Å². The van der Waals surface area contributed by atoms with Crippen molar-refractivity contribution in [3.8, 4) is 0 Å². The molecule has 1 heterocycles. The van der Waals surface area contributed by atoms with Crippen molar-refractivity contribution in [1.29, 1.82) is 0 Å². The summed E-state index contributed by atoms with van der Waals surface area (Å²) in [5.74, 6) is 0. The molecule has 0 N–H and O–H groups in total. The zero-order valence-electron chi connectivity index (χ0n) is 2.80. The lowest BCUT2D eigenvalue weighted by Gasteiger charge is -1.89. The predicted molar refractivity (Wildman–Crippen MR) is 19.3 cm³/mol. The lowest BCUT2D eigenvalue weighted by molar-refractivity contribution is 0.425. The fourth-order valence-corrected chi connectivity index (χ4v) is 0.511. The van der Waals surface area contributed by atoms with Crippen LogP contribution in [0.4, 0.5) is 4.20 Å². The third-order valence-electron chi connectivity index (χ3n) is 0.343. The Morgan fingerprint density at radius 1 is 1.33 bits per heavy atom. The molecule has 0 bridgehead atoms. The van der Waals surface area contributed by atoms with Crippen molar-refractivity contribution < 1.29 is 13.2 Å². The van der Waals surface area contributed by atoms with Gasteiger partial charge in [0.05, 0.1) is 0 Å². The first-order chi connectivity index (χ1) is 2.89. The van der Waals surface area contributed by atoms with Crippen LogP contribution in [-0.2, 0) is 9.05 Å². The van der Waals surface area contributed by atoms with Crippen LogP contribution in [0.15, 0.2) is 12.5 Å². The molecule has 1 aliphatic rings. The third-order valence-corrected chi connectivity index (χ3v) is 0.918. The maximum atomic E-state index is 11.5. The van der Waals surface area contributed by atoms with Crippen LogP contribution in [-0.4, -0.2) is 0 Å². The molecule has 0 radical (unpaired) electrons. The monoisotopic (exact) mass is 108 g/mol. The molecule has 0 aromatic rings. The van der Waals surface area contributed by atoms with E-state index in [0.717, 1.165) is 0 Å². The summed E-state index contributed by atoms with van der Waals surface area (Å²) in [6.45, 7) is 0. The fourth-order valence-electron chi connectivity index (χ4n) is 0.170. The average molecular weight is 108 g/mol. The van der Waals surface area contributed by atoms with Gasteiger partial charge in [0.1, 0.15) is 12.5 Å². The van der Waals surface area contributed by atoms with E-state index < -0.39 is 8.69 Å². The van der Waals surface area contributed by atoms with Crippen molar-refractivity contribution in [2.24, 2.45) is 0 Å². The minimum absolute atomic E-state index is 1.19. The van der Waals surface area contributed by atoms with Gasteiger partial charge in [-0.3, -0.25) is 0 Å². The van der Waals surface area contributed by atoms with Gasteiger partial charge >= 0.3 is 8.69 Å². The standard InChI is InChI=1S/C2H2FO2P/c3-6-4-1-2-5-6/h1-2H. The van der Waals surface area contributed by atoms with Crippen LogP contribution >= 0.6 is 8.69 Å². The summed E-state index contributed by atoms with van der Waals surface area (Å²) >= 11 is 0. The molecule has 1 rings (SSSR count). The molecule has 2 nitrogen and oxygen atoms in total. The van der Waals surface area contributed by atoms with Crippen molar-refractivity contribution >= 4 is 8.69 Å². The SMILES string of the molecule is FP1OC=CO1. The zero-order valence-corrected chi connectivity index (χ0v) is 3.69. The molecule has 0 spiro atoms. The highest BCUT2D eigenvalue weighted by atomic mass is 31.2. The predicted octanol–water partition coefficient (Wildman–Crippen LogP) is 1.70. The number of rotatable bonds is 0. The summed E-state index contributed by atoms with van der Waals surface area (Å²) in [6.07, 6.45) is 2.37. The molecule has 0 aromatic carbocycles. The van der Waals surface area contributed by atoms with E-state index in [4.69, 9.17) is 0 Å². The van der Waals surface area contributed by atoms with E-state index >= 15 is 0 Å². The van der Waals surface area contributed by atoms with Gasteiger partial charge < -0.3 is 9.05 Å². The molecule has 1 aliphatic heterocycles. The summed E-state index contributed by atoms with van der Waals surface area (Å²) in [5, 5.41) is 0. The van der Waals surface area contributed by atoms with Gasteiger partial charge in [0.2, 0.25) is 0 Å². The van der Waals surface area contributed by atoms with Crippen LogP contribution in [0.1, 0.15) is 0 Å². The number of hydrogen-bond acceptors (Lipinski definition) is 2. The molecule has 0 atom stereocenters. The first-order valence-electron chi connectivity index (χ1n) is 1.34. The molecule has 0 aromatic heterocycles. The molecule has 0 unspecified atom stereocenters. The van der Waals surface area contributed by atoms with E-state index in [1.165, 1.54) is 12.5 Å². The maximum absolute atomic E-state index is 11.5. The largest absolute Gasteiger partial charge is 0.504 e. The van der Waals surface area contributed by atoms with Crippen molar-refractivity contribution in [3.05, 3.63) is 12.5 Å². The van der Waals surface area contributed by atoms with Gasteiger partial charge in [0.25, 0.3) is 0 Å². The molecule has 0 aliphatic carbocycles. The topological polar surface area (TPSA) is 18.5 Å². The Morgan fingerprint density at radius 3 is 2.00 bits per heavy atom. The molecule has 34 valence electrons. The van der Waals surface area contributed by atoms with Gasteiger partial charge in [-0.05, 0) is 0 Å². The van der Waals surface area contributed by atoms with Gasteiger partial charge in [-0.1, -0.05) is 0 Å². The van der Waals surface area contributed by atoms with Gasteiger partial charge in [-0.15, -0.1) is 4.20 Å². The fraction of sp³-hybridized carbons (Fsp3) is 0. The summed E-state index contributed by atoms with van der Waals surface area (Å²) in [7, 11) is -2.08. The Labute approximate surface area is 35.6 Å². The summed E-state index contributed by atoms with van der Waals surface area (Å²) in [5.41, 5.74) is 0. The van der Waals surface area contributed by atoms with Gasteiger partial charge in [0.15, 0.2) is 0 Å².